The Kier molecular flexibility index (Phi) is 7.93. The van der Waals surface area contributed by atoms with Crippen molar-refractivity contribution in [1.82, 2.24) is 5.32 Å². The predicted octanol–water partition coefficient (Wildman–Crippen LogP) is 4.07. The molecule has 2 aromatic carbocycles. The minimum Gasteiger partial charge on any atom is -0.493 e. The van der Waals surface area contributed by atoms with Crippen LogP contribution in [0.15, 0.2) is 41.6 Å². The molecule has 0 radical (unpaired) electrons. The molecule has 1 N–H and O–H groups in total. The van der Waals surface area contributed by atoms with Crippen molar-refractivity contribution >= 4 is 11.6 Å². The van der Waals surface area contributed by atoms with Gasteiger partial charge < -0.3 is 19.6 Å². The Morgan fingerprint density at radius 1 is 1.03 bits per heavy atom. The standard InChI is InChI=1S/C25H32N2O4/c1-17(2)31-22-12-9-18(15-23(22)29-3)13-14-26-25(28)24(27-30-4)21-11-10-19-7-5-6-8-20(19)16-21/h9-12,15-17H,5-8,13-14H2,1-4H3,(H,26,28). The van der Waals surface area contributed by atoms with Crippen LogP contribution in [-0.4, -0.2) is 38.5 Å². The quantitative estimate of drug-likeness (QED) is 0.487. The van der Waals surface area contributed by atoms with Gasteiger partial charge in [0, 0.05) is 12.1 Å². The molecule has 1 amide bonds. The summed E-state index contributed by atoms with van der Waals surface area (Å²) in [7, 11) is 3.08. The maximum absolute atomic E-state index is 12.8. The largest absolute Gasteiger partial charge is 0.493 e. The van der Waals surface area contributed by atoms with E-state index in [0.29, 0.717) is 30.2 Å². The van der Waals surface area contributed by atoms with E-state index in [-0.39, 0.29) is 12.0 Å². The van der Waals surface area contributed by atoms with Crippen LogP contribution >= 0.6 is 0 Å². The second-order valence-electron chi connectivity index (χ2n) is 7.97. The normalized spacial score (nSPS) is 13.5. The zero-order chi connectivity index (χ0) is 22.2. The Morgan fingerprint density at radius 3 is 2.52 bits per heavy atom. The molecule has 0 heterocycles. The van der Waals surface area contributed by atoms with E-state index in [4.69, 9.17) is 14.3 Å². The van der Waals surface area contributed by atoms with E-state index < -0.39 is 0 Å². The van der Waals surface area contributed by atoms with Crippen molar-refractivity contribution in [3.8, 4) is 11.5 Å². The first-order valence-corrected chi connectivity index (χ1v) is 10.9. The molecule has 0 aromatic heterocycles. The molecule has 166 valence electrons. The van der Waals surface area contributed by atoms with E-state index in [1.807, 2.05) is 38.1 Å². The molecule has 0 atom stereocenters. The van der Waals surface area contributed by atoms with E-state index in [1.54, 1.807) is 7.11 Å². The fraction of sp³-hybridized carbons (Fsp3) is 0.440. The molecular weight excluding hydrogens is 392 g/mol. The van der Waals surface area contributed by atoms with E-state index >= 15 is 0 Å². The van der Waals surface area contributed by atoms with Crippen LogP contribution in [0.5, 0.6) is 11.5 Å². The Bertz CT molecular complexity index is 937. The van der Waals surface area contributed by atoms with Gasteiger partial charge in [0.05, 0.1) is 13.2 Å². The molecule has 6 nitrogen and oxygen atoms in total. The van der Waals surface area contributed by atoms with E-state index in [1.165, 1.54) is 31.1 Å². The summed E-state index contributed by atoms with van der Waals surface area (Å²) in [6, 6.07) is 12.0. The van der Waals surface area contributed by atoms with Gasteiger partial charge in [0.15, 0.2) is 17.2 Å². The van der Waals surface area contributed by atoms with Crippen LogP contribution in [0.2, 0.25) is 0 Å². The third kappa shape index (κ3) is 6.00. The summed E-state index contributed by atoms with van der Waals surface area (Å²) in [6.45, 7) is 4.43. The van der Waals surface area contributed by atoms with Gasteiger partial charge in [-0.15, -0.1) is 0 Å². The van der Waals surface area contributed by atoms with Crippen LogP contribution in [0.1, 0.15) is 48.9 Å². The molecule has 0 saturated carbocycles. The number of nitrogens with one attached hydrogen (secondary N) is 1. The van der Waals surface area contributed by atoms with Crippen molar-refractivity contribution in [2.24, 2.45) is 5.16 Å². The smallest absolute Gasteiger partial charge is 0.273 e. The van der Waals surface area contributed by atoms with E-state index in [9.17, 15) is 4.79 Å². The van der Waals surface area contributed by atoms with Gasteiger partial charge in [-0.1, -0.05) is 23.4 Å². The summed E-state index contributed by atoms with van der Waals surface area (Å²) >= 11 is 0. The first kappa shape index (κ1) is 22.7. The van der Waals surface area contributed by atoms with Gasteiger partial charge in [0.25, 0.3) is 5.91 Å². The highest BCUT2D eigenvalue weighted by Gasteiger charge is 2.18. The summed E-state index contributed by atoms with van der Waals surface area (Å²) in [5, 5.41) is 6.96. The van der Waals surface area contributed by atoms with Crippen molar-refractivity contribution < 1.29 is 19.1 Å². The zero-order valence-electron chi connectivity index (χ0n) is 18.9. The Hall–Kier alpha value is -3.02. The number of oxime groups is 1. The molecule has 0 unspecified atom stereocenters. The second kappa shape index (κ2) is 10.8. The SMILES string of the molecule is CON=C(C(=O)NCCc1ccc(OC(C)C)c(OC)c1)c1ccc2c(c1)CCCC2. The topological polar surface area (TPSA) is 69.2 Å². The van der Waals surface area contributed by atoms with Crippen LogP contribution in [0.4, 0.5) is 0 Å². The van der Waals surface area contributed by atoms with Crippen LogP contribution in [0.25, 0.3) is 0 Å². The highest BCUT2D eigenvalue weighted by atomic mass is 16.6. The Morgan fingerprint density at radius 2 is 1.81 bits per heavy atom. The maximum Gasteiger partial charge on any atom is 0.273 e. The van der Waals surface area contributed by atoms with E-state index in [0.717, 1.165) is 24.0 Å². The minimum atomic E-state index is -0.246. The molecule has 0 bridgehead atoms. The lowest BCUT2D eigenvalue weighted by atomic mass is 9.89. The molecule has 0 saturated heterocycles. The molecule has 2 aromatic rings. The molecule has 1 aliphatic rings. The molecule has 0 spiro atoms. The van der Waals surface area contributed by atoms with Crippen LogP contribution in [0, 0.1) is 0 Å². The second-order valence-corrected chi connectivity index (χ2v) is 7.97. The third-order valence-corrected chi connectivity index (χ3v) is 5.31. The number of fused-ring (bicyclic) bond motifs is 1. The van der Waals surface area contributed by atoms with Crippen molar-refractivity contribution in [3.05, 3.63) is 58.7 Å². The molecular formula is C25H32N2O4. The van der Waals surface area contributed by atoms with Gasteiger partial charge in [0.1, 0.15) is 7.11 Å². The number of carbonyl (C=O) groups excluding carboxylic acids is 1. The highest BCUT2D eigenvalue weighted by molar-refractivity contribution is 6.45. The monoisotopic (exact) mass is 424 g/mol. The Labute approximate surface area is 184 Å². The third-order valence-electron chi connectivity index (χ3n) is 5.31. The number of amides is 1. The number of rotatable bonds is 9. The first-order valence-electron chi connectivity index (χ1n) is 10.9. The average Bonchev–Trinajstić information content (AvgIpc) is 2.77. The lowest BCUT2D eigenvalue weighted by molar-refractivity contribution is -0.114. The van der Waals surface area contributed by atoms with Crippen molar-refractivity contribution in [2.45, 2.75) is 52.1 Å². The summed E-state index contributed by atoms with van der Waals surface area (Å²) < 4.78 is 11.2. The Balaban J connectivity index is 1.64. The lowest BCUT2D eigenvalue weighted by Gasteiger charge is -2.17. The molecule has 1 aliphatic carbocycles. The highest BCUT2D eigenvalue weighted by Crippen LogP contribution is 2.29. The number of methoxy groups -OCH3 is 1. The van der Waals surface area contributed by atoms with Crippen LogP contribution in [-0.2, 0) is 28.9 Å². The molecule has 31 heavy (non-hydrogen) atoms. The number of hydrogen-bond acceptors (Lipinski definition) is 5. The maximum atomic E-state index is 12.8. The van der Waals surface area contributed by atoms with Crippen molar-refractivity contribution in [1.29, 1.82) is 0 Å². The molecule has 3 rings (SSSR count). The molecule has 6 heteroatoms. The number of aryl methyl sites for hydroxylation is 2. The summed E-state index contributed by atoms with van der Waals surface area (Å²) in [6.07, 6.45) is 5.28. The van der Waals surface area contributed by atoms with Gasteiger partial charge in [-0.2, -0.15) is 0 Å². The molecule has 0 aliphatic heterocycles. The summed E-state index contributed by atoms with van der Waals surface area (Å²) in [4.78, 5) is 17.8. The molecule has 0 fully saturated rings. The lowest BCUT2D eigenvalue weighted by Crippen LogP contribution is -2.33. The van der Waals surface area contributed by atoms with Gasteiger partial charge in [-0.05, 0) is 80.8 Å². The zero-order valence-corrected chi connectivity index (χ0v) is 18.9. The predicted molar refractivity (Wildman–Crippen MR) is 122 cm³/mol. The van der Waals surface area contributed by atoms with Gasteiger partial charge in [0.2, 0.25) is 0 Å². The fourth-order valence-electron chi connectivity index (χ4n) is 3.82. The van der Waals surface area contributed by atoms with E-state index in [2.05, 4.69) is 22.6 Å². The number of hydrogen-bond donors (Lipinski definition) is 1. The summed E-state index contributed by atoms with van der Waals surface area (Å²) in [5.41, 5.74) is 4.81. The van der Waals surface area contributed by atoms with Crippen molar-refractivity contribution in [2.75, 3.05) is 20.8 Å². The average molecular weight is 425 g/mol. The first-order chi connectivity index (χ1) is 15.0. The van der Waals surface area contributed by atoms with Gasteiger partial charge in [-0.25, -0.2) is 0 Å². The number of benzene rings is 2. The van der Waals surface area contributed by atoms with Crippen LogP contribution in [0.3, 0.4) is 0 Å². The number of nitrogens with zero attached hydrogens (tertiary/aromatic N) is 1. The minimum absolute atomic E-state index is 0.0705. The number of carbonyl (C=O) groups is 1. The van der Waals surface area contributed by atoms with Crippen molar-refractivity contribution in [3.63, 3.8) is 0 Å². The van der Waals surface area contributed by atoms with Gasteiger partial charge >= 0.3 is 0 Å². The van der Waals surface area contributed by atoms with Gasteiger partial charge in [-0.3, -0.25) is 4.79 Å². The fourth-order valence-corrected chi connectivity index (χ4v) is 3.82. The van der Waals surface area contributed by atoms with Crippen LogP contribution < -0.4 is 14.8 Å². The number of ether oxygens (including phenoxy) is 2. The summed E-state index contributed by atoms with van der Waals surface area (Å²) in [5.74, 6) is 1.16.